The molecule has 0 aliphatic carbocycles. The molecule has 2 rings (SSSR count). The zero-order chi connectivity index (χ0) is 17.9. The number of para-hydroxylation sites is 1. The van der Waals surface area contributed by atoms with Crippen molar-refractivity contribution in [2.75, 3.05) is 19.7 Å². The van der Waals surface area contributed by atoms with Gasteiger partial charge in [0.25, 0.3) is 5.91 Å². The molecule has 0 spiro atoms. The summed E-state index contributed by atoms with van der Waals surface area (Å²) >= 11 is 0. The summed E-state index contributed by atoms with van der Waals surface area (Å²) in [5, 5.41) is 5.58. The molecule has 0 aliphatic heterocycles. The number of amides is 2. The topological polar surface area (TPSA) is 67.4 Å². The summed E-state index contributed by atoms with van der Waals surface area (Å²) in [5.41, 5.74) is 1.64. The molecule has 0 radical (unpaired) electrons. The normalized spacial score (nSPS) is 10.1. The van der Waals surface area contributed by atoms with E-state index in [-0.39, 0.29) is 18.2 Å². The summed E-state index contributed by atoms with van der Waals surface area (Å²) in [6.45, 7) is 3.36. The Hall–Kier alpha value is -2.82. The molecule has 2 aromatic carbocycles. The van der Waals surface area contributed by atoms with Gasteiger partial charge < -0.3 is 15.4 Å². The number of benzene rings is 2. The van der Waals surface area contributed by atoms with Crippen LogP contribution in [0.15, 0.2) is 54.6 Å². The Balaban J connectivity index is 1.54. The Labute approximate surface area is 148 Å². The van der Waals surface area contributed by atoms with E-state index in [0.29, 0.717) is 25.3 Å². The van der Waals surface area contributed by atoms with Gasteiger partial charge in [-0.1, -0.05) is 35.9 Å². The number of nitrogens with one attached hydrogen (secondary N) is 2. The molecule has 0 atom stereocenters. The molecule has 25 heavy (non-hydrogen) atoms. The lowest BCUT2D eigenvalue weighted by Gasteiger charge is -2.08. The van der Waals surface area contributed by atoms with Crippen LogP contribution in [-0.4, -0.2) is 31.5 Å². The monoisotopic (exact) mass is 340 g/mol. The lowest BCUT2D eigenvalue weighted by molar-refractivity contribution is -0.120. The van der Waals surface area contributed by atoms with E-state index in [0.717, 1.165) is 17.7 Å². The second kappa shape index (κ2) is 10.1. The van der Waals surface area contributed by atoms with Crippen LogP contribution in [-0.2, 0) is 4.79 Å². The van der Waals surface area contributed by atoms with Crippen molar-refractivity contribution < 1.29 is 14.3 Å². The van der Waals surface area contributed by atoms with Gasteiger partial charge in [-0.3, -0.25) is 9.59 Å². The van der Waals surface area contributed by atoms with Crippen LogP contribution >= 0.6 is 0 Å². The van der Waals surface area contributed by atoms with E-state index in [2.05, 4.69) is 10.6 Å². The first-order valence-electron chi connectivity index (χ1n) is 8.44. The van der Waals surface area contributed by atoms with Gasteiger partial charge in [-0.05, 0) is 37.6 Å². The number of hydrogen-bond acceptors (Lipinski definition) is 3. The fourth-order valence-corrected chi connectivity index (χ4v) is 2.27. The van der Waals surface area contributed by atoms with Crippen LogP contribution in [0.3, 0.4) is 0 Å². The summed E-state index contributed by atoms with van der Waals surface area (Å²) in [4.78, 5) is 23.7. The number of carbonyl (C=O) groups excluding carboxylic acids is 2. The molecule has 2 amide bonds. The number of carbonyl (C=O) groups is 2. The van der Waals surface area contributed by atoms with Crippen molar-refractivity contribution >= 4 is 11.8 Å². The maximum absolute atomic E-state index is 12.0. The third-order valence-corrected chi connectivity index (χ3v) is 3.57. The molecule has 132 valence electrons. The van der Waals surface area contributed by atoms with Crippen LogP contribution in [0.2, 0.25) is 0 Å². The van der Waals surface area contributed by atoms with Crippen molar-refractivity contribution in [3.63, 3.8) is 0 Å². The van der Waals surface area contributed by atoms with Gasteiger partial charge in [-0.2, -0.15) is 0 Å². The molecular weight excluding hydrogens is 316 g/mol. The van der Waals surface area contributed by atoms with E-state index in [1.807, 2.05) is 55.5 Å². The van der Waals surface area contributed by atoms with Crippen LogP contribution in [0, 0.1) is 6.92 Å². The Kier molecular flexibility index (Phi) is 7.50. The van der Waals surface area contributed by atoms with Gasteiger partial charge in [-0.15, -0.1) is 0 Å². The van der Waals surface area contributed by atoms with Gasteiger partial charge in [-0.25, -0.2) is 0 Å². The quantitative estimate of drug-likeness (QED) is 0.690. The van der Waals surface area contributed by atoms with Gasteiger partial charge in [0.2, 0.25) is 5.91 Å². The van der Waals surface area contributed by atoms with E-state index >= 15 is 0 Å². The Bertz CT molecular complexity index is 686. The molecule has 0 bridgehead atoms. The Morgan fingerprint density at radius 2 is 1.76 bits per heavy atom. The molecule has 0 saturated carbocycles. The molecular formula is C20H24N2O3. The predicted molar refractivity (Wildman–Crippen MR) is 97.7 cm³/mol. The van der Waals surface area contributed by atoms with Crippen molar-refractivity contribution in [3.8, 4) is 5.75 Å². The third-order valence-electron chi connectivity index (χ3n) is 3.57. The van der Waals surface area contributed by atoms with Crippen molar-refractivity contribution in [1.82, 2.24) is 10.6 Å². The third kappa shape index (κ3) is 7.08. The lowest BCUT2D eigenvalue weighted by atomic mass is 10.1. The number of hydrogen-bond donors (Lipinski definition) is 2. The molecule has 0 aromatic heterocycles. The Morgan fingerprint density at radius 3 is 2.52 bits per heavy atom. The summed E-state index contributed by atoms with van der Waals surface area (Å²) in [6, 6.07) is 16.9. The highest BCUT2D eigenvalue weighted by atomic mass is 16.5. The molecule has 2 aromatic rings. The van der Waals surface area contributed by atoms with Crippen LogP contribution in [0.4, 0.5) is 0 Å². The van der Waals surface area contributed by atoms with Crippen LogP contribution < -0.4 is 15.4 Å². The van der Waals surface area contributed by atoms with Crippen LogP contribution in [0.25, 0.3) is 0 Å². The van der Waals surface area contributed by atoms with E-state index in [1.165, 1.54) is 0 Å². The lowest BCUT2D eigenvalue weighted by Crippen LogP contribution is -2.31. The predicted octanol–water partition coefficient (Wildman–Crippen LogP) is 2.70. The minimum Gasteiger partial charge on any atom is -0.494 e. The standard InChI is InChI=1S/C20H24N2O3/c1-16-7-5-8-17(15-16)20(24)22-13-11-19(23)21-12-6-14-25-18-9-3-2-4-10-18/h2-5,7-10,15H,6,11-14H2,1H3,(H,21,23)(H,22,24). The molecule has 0 unspecified atom stereocenters. The highest BCUT2D eigenvalue weighted by Gasteiger charge is 2.06. The summed E-state index contributed by atoms with van der Waals surface area (Å²) in [7, 11) is 0. The fraction of sp³-hybridized carbons (Fsp3) is 0.300. The minimum atomic E-state index is -0.159. The first-order valence-corrected chi connectivity index (χ1v) is 8.44. The zero-order valence-corrected chi connectivity index (χ0v) is 14.5. The van der Waals surface area contributed by atoms with E-state index in [1.54, 1.807) is 6.07 Å². The first kappa shape index (κ1) is 18.5. The molecule has 5 heteroatoms. The average molecular weight is 340 g/mol. The second-order valence-corrected chi connectivity index (χ2v) is 5.74. The van der Waals surface area contributed by atoms with Crippen molar-refractivity contribution in [2.24, 2.45) is 0 Å². The van der Waals surface area contributed by atoms with Crippen LogP contribution in [0.5, 0.6) is 5.75 Å². The molecule has 0 heterocycles. The SMILES string of the molecule is Cc1cccc(C(=O)NCCC(=O)NCCCOc2ccccc2)c1. The second-order valence-electron chi connectivity index (χ2n) is 5.74. The van der Waals surface area contributed by atoms with E-state index in [9.17, 15) is 9.59 Å². The largest absolute Gasteiger partial charge is 0.494 e. The van der Waals surface area contributed by atoms with Gasteiger partial charge >= 0.3 is 0 Å². The maximum atomic E-state index is 12.0. The summed E-state index contributed by atoms with van der Waals surface area (Å²) < 4.78 is 5.55. The smallest absolute Gasteiger partial charge is 0.251 e. The number of ether oxygens (including phenoxy) is 1. The van der Waals surface area contributed by atoms with Gasteiger partial charge in [0.15, 0.2) is 0 Å². The Morgan fingerprint density at radius 1 is 0.960 bits per heavy atom. The van der Waals surface area contributed by atoms with Crippen molar-refractivity contribution in [1.29, 1.82) is 0 Å². The summed E-state index contributed by atoms with van der Waals surface area (Å²) in [6.07, 6.45) is 0.993. The molecule has 5 nitrogen and oxygen atoms in total. The molecule has 0 fully saturated rings. The minimum absolute atomic E-state index is 0.0794. The summed E-state index contributed by atoms with van der Waals surface area (Å²) in [5.74, 6) is 0.588. The van der Waals surface area contributed by atoms with E-state index < -0.39 is 0 Å². The highest BCUT2D eigenvalue weighted by Crippen LogP contribution is 2.08. The van der Waals surface area contributed by atoms with Gasteiger partial charge in [0.05, 0.1) is 6.61 Å². The van der Waals surface area contributed by atoms with Crippen molar-refractivity contribution in [2.45, 2.75) is 19.8 Å². The maximum Gasteiger partial charge on any atom is 0.251 e. The first-order chi connectivity index (χ1) is 12.1. The molecule has 2 N–H and O–H groups in total. The highest BCUT2D eigenvalue weighted by molar-refractivity contribution is 5.94. The van der Waals surface area contributed by atoms with E-state index in [4.69, 9.17) is 4.74 Å². The molecule has 0 saturated heterocycles. The van der Waals surface area contributed by atoms with Crippen molar-refractivity contribution in [3.05, 3.63) is 65.7 Å². The fourth-order valence-electron chi connectivity index (χ4n) is 2.27. The average Bonchev–Trinajstić information content (AvgIpc) is 2.62. The molecule has 0 aliphatic rings. The van der Waals surface area contributed by atoms with Gasteiger partial charge in [0.1, 0.15) is 5.75 Å². The van der Waals surface area contributed by atoms with Gasteiger partial charge in [0, 0.05) is 25.1 Å². The zero-order valence-electron chi connectivity index (χ0n) is 14.5. The number of aryl methyl sites for hydroxylation is 1. The van der Waals surface area contributed by atoms with Crippen LogP contribution in [0.1, 0.15) is 28.8 Å². The number of rotatable bonds is 9.